The van der Waals surface area contributed by atoms with E-state index in [1.54, 1.807) is 13.8 Å². The molecule has 0 bridgehead atoms. The van der Waals surface area contributed by atoms with Gasteiger partial charge in [0.05, 0.1) is 12.7 Å². The number of fused-ring (bicyclic) bond motifs is 1. The summed E-state index contributed by atoms with van der Waals surface area (Å²) in [7, 11) is 2.71. The maximum Gasteiger partial charge on any atom is 0.511 e. The van der Waals surface area contributed by atoms with Crippen molar-refractivity contribution in [3.63, 3.8) is 0 Å². The third kappa shape index (κ3) is 7.15. The molecule has 1 saturated heterocycles. The molecule has 3 rings (SSSR count). The Morgan fingerprint density at radius 1 is 1.24 bits per heavy atom. The molecular formula is C21H28BrN5O9S2. The number of halogens is 1. The van der Waals surface area contributed by atoms with E-state index in [1.165, 1.54) is 43.2 Å². The fourth-order valence-electron chi connectivity index (χ4n) is 3.45. The van der Waals surface area contributed by atoms with E-state index in [-0.39, 0.29) is 45.8 Å². The van der Waals surface area contributed by atoms with Gasteiger partial charge in [0, 0.05) is 25.2 Å². The van der Waals surface area contributed by atoms with Gasteiger partial charge in [-0.25, -0.2) is 14.6 Å². The average Bonchev–Trinajstić information content (AvgIpc) is 3.25. The monoisotopic (exact) mass is 637 g/mol. The molecule has 17 heteroatoms. The van der Waals surface area contributed by atoms with Crippen LogP contribution < -0.4 is 11.1 Å². The van der Waals surface area contributed by atoms with Crippen molar-refractivity contribution in [2.24, 2.45) is 5.16 Å². The molecule has 2 aliphatic heterocycles. The molecule has 0 aromatic carbocycles. The maximum absolute atomic E-state index is 13.1. The summed E-state index contributed by atoms with van der Waals surface area (Å²) in [5.74, 6) is -1.81. The molecule has 3 N–H and O–H groups in total. The molecule has 3 atom stereocenters. The molecular weight excluding hydrogens is 610 g/mol. The van der Waals surface area contributed by atoms with Crippen molar-refractivity contribution in [1.82, 2.24) is 15.2 Å². The minimum atomic E-state index is -1.28. The van der Waals surface area contributed by atoms with Crippen molar-refractivity contribution in [3.8, 4) is 0 Å². The summed E-state index contributed by atoms with van der Waals surface area (Å²) in [5, 5.41) is 7.49. The molecule has 0 saturated carbocycles. The SMILES string of the molecule is Br.COCC1=C(C(=O)OC(C)OC(=O)OC(C)C)N2C(=O)[C@@H](NC(=O)C(=NOC)c3csc(N)n3)[C@H]2SC1. The van der Waals surface area contributed by atoms with Crippen LogP contribution in [0.1, 0.15) is 26.5 Å². The van der Waals surface area contributed by atoms with Gasteiger partial charge in [0.2, 0.25) is 6.29 Å². The van der Waals surface area contributed by atoms with Crippen molar-refractivity contribution < 1.29 is 43.0 Å². The van der Waals surface area contributed by atoms with Crippen molar-refractivity contribution >= 4 is 74.9 Å². The van der Waals surface area contributed by atoms with Gasteiger partial charge in [-0.15, -0.1) is 40.1 Å². The molecule has 1 unspecified atom stereocenters. The number of β-lactam (4-membered cyclic amide) rings is 1. The number of oxime groups is 1. The molecule has 2 aliphatic rings. The fraction of sp³-hybridized carbons (Fsp3) is 0.524. The number of nitrogens with one attached hydrogen (secondary N) is 1. The molecule has 1 aromatic rings. The first-order valence-electron chi connectivity index (χ1n) is 10.9. The normalized spacial score (nSPS) is 19.6. The minimum Gasteiger partial charge on any atom is -0.431 e. The van der Waals surface area contributed by atoms with Gasteiger partial charge < -0.3 is 34.8 Å². The summed E-state index contributed by atoms with van der Waals surface area (Å²) in [6.45, 7) is 4.68. The first-order chi connectivity index (χ1) is 17.6. The van der Waals surface area contributed by atoms with Gasteiger partial charge in [-0.3, -0.25) is 14.5 Å². The van der Waals surface area contributed by atoms with Crippen LogP contribution in [0.2, 0.25) is 0 Å². The minimum absolute atomic E-state index is 0. The lowest BCUT2D eigenvalue weighted by atomic mass is 10.0. The number of hydrogen-bond donors (Lipinski definition) is 2. The van der Waals surface area contributed by atoms with E-state index in [0.29, 0.717) is 11.3 Å². The quantitative estimate of drug-likeness (QED) is 0.124. The number of carbonyl (C=O) groups is 4. The highest BCUT2D eigenvalue weighted by Crippen LogP contribution is 2.41. The highest BCUT2D eigenvalue weighted by Gasteiger charge is 2.55. The van der Waals surface area contributed by atoms with Crippen LogP contribution in [-0.2, 0) is 38.2 Å². The molecule has 14 nitrogen and oxygen atoms in total. The summed E-state index contributed by atoms with van der Waals surface area (Å²) in [4.78, 5) is 60.8. The number of amides is 2. The van der Waals surface area contributed by atoms with E-state index < -0.39 is 47.7 Å². The molecule has 210 valence electrons. The Kier molecular flexibility index (Phi) is 11.4. The first-order valence-corrected chi connectivity index (χ1v) is 12.9. The molecule has 1 fully saturated rings. The molecule has 1 aromatic heterocycles. The molecule has 2 amide bonds. The van der Waals surface area contributed by atoms with Crippen LogP contribution in [0, 0.1) is 0 Å². The number of aromatic nitrogens is 1. The Bertz CT molecular complexity index is 1130. The second-order valence-corrected chi connectivity index (χ2v) is 9.94. The van der Waals surface area contributed by atoms with Crippen LogP contribution in [0.4, 0.5) is 9.93 Å². The van der Waals surface area contributed by atoms with Gasteiger partial charge in [-0.05, 0) is 19.4 Å². The van der Waals surface area contributed by atoms with Gasteiger partial charge in [0.15, 0.2) is 10.8 Å². The number of carbonyl (C=O) groups excluding carboxylic acids is 4. The van der Waals surface area contributed by atoms with Gasteiger partial charge in [0.25, 0.3) is 11.8 Å². The van der Waals surface area contributed by atoms with Crippen molar-refractivity contribution in [1.29, 1.82) is 0 Å². The highest BCUT2D eigenvalue weighted by atomic mass is 79.9. The zero-order valence-corrected chi connectivity index (χ0v) is 24.5. The van der Waals surface area contributed by atoms with Crippen molar-refractivity contribution in [2.45, 2.75) is 44.6 Å². The summed E-state index contributed by atoms with van der Waals surface area (Å²) < 4.78 is 20.2. The smallest absolute Gasteiger partial charge is 0.431 e. The van der Waals surface area contributed by atoms with E-state index in [4.69, 9.17) is 29.5 Å². The molecule has 3 heterocycles. The number of rotatable bonds is 10. The van der Waals surface area contributed by atoms with Gasteiger partial charge >= 0.3 is 12.1 Å². The Hall–Kier alpha value is -2.89. The van der Waals surface area contributed by atoms with Crippen LogP contribution in [0.3, 0.4) is 0 Å². The molecule has 0 spiro atoms. The second kappa shape index (κ2) is 13.8. The van der Waals surface area contributed by atoms with Crippen molar-refractivity contribution in [3.05, 3.63) is 22.3 Å². The van der Waals surface area contributed by atoms with Gasteiger partial charge in [-0.1, -0.05) is 5.16 Å². The molecule has 0 radical (unpaired) electrons. The van der Waals surface area contributed by atoms with Crippen LogP contribution in [0.25, 0.3) is 0 Å². The number of thiazole rings is 1. The van der Waals surface area contributed by atoms with Crippen molar-refractivity contribution in [2.75, 3.05) is 32.3 Å². The van der Waals surface area contributed by atoms with E-state index in [0.717, 1.165) is 11.3 Å². The summed E-state index contributed by atoms with van der Waals surface area (Å²) >= 11 is 2.45. The molecule has 38 heavy (non-hydrogen) atoms. The molecule has 0 aliphatic carbocycles. The van der Waals surface area contributed by atoms with Crippen LogP contribution in [0.5, 0.6) is 0 Å². The number of thioether (sulfide) groups is 1. The number of methoxy groups -OCH3 is 1. The number of esters is 1. The third-order valence-corrected chi connectivity index (χ3v) is 6.89. The van der Waals surface area contributed by atoms with E-state index in [9.17, 15) is 19.2 Å². The van der Waals surface area contributed by atoms with E-state index in [1.807, 2.05) is 0 Å². The first kappa shape index (κ1) is 31.3. The number of nitrogens with two attached hydrogens (primary N) is 1. The Labute approximate surface area is 237 Å². The van der Waals surface area contributed by atoms with Gasteiger partial charge in [-0.2, -0.15) is 0 Å². The highest BCUT2D eigenvalue weighted by molar-refractivity contribution is 8.93. The number of hydrogen-bond acceptors (Lipinski definition) is 14. The zero-order chi connectivity index (χ0) is 27.3. The number of nitrogens with zero attached hydrogens (tertiary/aromatic N) is 3. The standard InChI is InChI=1S/C21H27N5O9S2.BrH/c1-9(2)33-21(30)35-10(3)34-19(29)15-11(6-31-4)7-36-18-14(17(28)26(15)18)24-16(27)13(25-32-5)12-8-37-20(22)23-12;/h8-10,14,18H,6-7H2,1-5H3,(H2,22,23)(H,24,27);1H/t10?,14-,18-;/m1./s1. The largest absolute Gasteiger partial charge is 0.511 e. The number of nitrogen functional groups attached to an aromatic ring is 1. The second-order valence-electron chi connectivity index (χ2n) is 7.95. The van der Waals surface area contributed by atoms with Gasteiger partial charge in [0.1, 0.15) is 29.9 Å². The Balaban J connectivity index is 0.00000507. The van der Waals surface area contributed by atoms with E-state index >= 15 is 0 Å². The average molecular weight is 639 g/mol. The number of anilines is 1. The van der Waals surface area contributed by atoms with Crippen LogP contribution in [-0.4, -0.2) is 89.9 Å². The third-order valence-electron chi connectivity index (χ3n) is 4.88. The lowest BCUT2D eigenvalue weighted by molar-refractivity contribution is -0.169. The maximum atomic E-state index is 13.1. The summed E-state index contributed by atoms with van der Waals surface area (Å²) in [6.07, 6.45) is -2.71. The van der Waals surface area contributed by atoms with E-state index in [2.05, 4.69) is 15.5 Å². The summed E-state index contributed by atoms with van der Waals surface area (Å²) in [6, 6.07) is -0.961. The summed E-state index contributed by atoms with van der Waals surface area (Å²) in [5.41, 5.74) is 6.15. The van der Waals surface area contributed by atoms with Crippen LogP contribution in [0.15, 0.2) is 21.8 Å². The number of ether oxygens (including phenoxy) is 4. The Morgan fingerprint density at radius 2 is 1.95 bits per heavy atom. The lowest BCUT2D eigenvalue weighted by Gasteiger charge is -2.49. The lowest BCUT2D eigenvalue weighted by Crippen LogP contribution is -2.71. The zero-order valence-electron chi connectivity index (χ0n) is 21.1. The topological polar surface area (TPSA) is 181 Å². The predicted octanol–water partition coefficient (Wildman–Crippen LogP) is 1.40. The Morgan fingerprint density at radius 3 is 2.53 bits per heavy atom. The van der Waals surface area contributed by atoms with Crippen LogP contribution >= 0.6 is 40.1 Å². The predicted molar refractivity (Wildman–Crippen MR) is 143 cm³/mol. The fourth-order valence-corrected chi connectivity index (χ4v) is 5.32.